The van der Waals surface area contributed by atoms with E-state index >= 15 is 0 Å². The Bertz CT molecular complexity index is 1140. The summed E-state index contributed by atoms with van der Waals surface area (Å²) in [6.45, 7) is 0. The number of carboxylic acids is 1. The fourth-order valence-corrected chi connectivity index (χ4v) is 3.93. The molecule has 0 saturated carbocycles. The molecule has 3 aromatic rings. The number of amides is 1. The van der Waals surface area contributed by atoms with Crippen LogP contribution in [0.4, 0.5) is 13.2 Å². The van der Waals surface area contributed by atoms with Gasteiger partial charge in [0.1, 0.15) is 5.70 Å². The van der Waals surface area contributed by atoms with Crippen LogP contribution in [0.1, 0.15) is 20.8 Å². The van der Waals surface area contributed by atoms with Gasteiger partial charge in [-0.25, -0.2) is 4.79 Å². The fraction of sp³-hybridized carbons (Fsp3) is 0.0476. The van der Waals surface area contributed by atoms with Crippen LogP contribution in [0.25, 0.3) is 16.5 Å². The molecule has 154 valence electrons. The molecule has 1 heterocycles. The predicted molar refractivity (Wildman–Crippen MR) is 109 cm³/mol. The molecule has 0 fully saturated rings. The second kappa shape index (κ2) is 8.73. The summed E-state index contributed by atoms with van der Waals surface area (Å²) in [6.07, 6.45) is -3.57. The van der Waals surface area contributed by atoms with Gasteiger partial charge in [0.2, 0.25) is 0 Å². The first kappa shape index (κ1) is 21.6. The minimum absolute atomic E-state index is 0.478. The molecule has 0 radical (unpaired) electrons. The summed E-state index contributed by atoms with van der Waals surface area (Å²) in [6, 6.07) is 14.6. The molecule has 0 spiro atoms. The molecule has 0 saturated heterocycles. The van der Waals surface area contributed by atoms with Crippen LogP contribution in [0, 0.1) is 0 Å². The van der Waals surface area contributed by atoms with Crippen LogP contribution in [0.15, 0.2) is 66.4 Å². The first-order valence-electron chi connectivity index (χ1n) is 8.44. The average molecular weight is 452 g/mol. The van der Waals surface area contributed by atoms with Gasteiger partial charge in [-0.3, -0.25) is 4.79 Å². The van der Waals surface area contributed by atoms with Gasteiger partial charge in [-0.2, -0.15) is 13.2 Å². The van der Waals surface area contributed by atoms with Crippen molar-refractivity contribution in [2.24, 2.45) is 0 Å². The molecule has 0 aliphatic carbocycles. The van der Waals surface area contributed by atoms with Crippen LogP contribution < -0.4 is 5.32 Å². The number of halogens is 4. The highest BCUT2D eigenvalue weighted by atomic mass is 35.5. The first-order valence-corrected chi connectivity index (χ1v) is 9.63. The Kier molecular flexibility index (Phi) is 6.28. The van der Waals surface area contributed by atoms with E-state index in [1.54, 1.807) is 36.4 Å². The highest BCUT2D eigenvalue weighted by Gasteiger charge is 2.35. The molecule has 30 heavy (non-hydrogen) atoms. The standard InChI is InChI=1S/C21H13ClF3NO3S/c22-16-8-4-2-6-14(16)18-10-9-12(30-18)11-17(20(28)29)26-19(27)13-5-1-3-7-15(13)21(23,24)25/h1-11H,(H,26,27)(H,28,29)/b17-11+. The second-order valence-corrected chi connectivity index (χ2v) is 7.57. The molecular formula is C21H13ClF3NO3S. The molecule has 9 heteroatoms. The van der Waals surface area contributed by atoms with E-state index in [0.29, 0.717) is 9.90 Å². The molecule has 0 unspecified atom stereocenters. The minimum atomic E-state index is -4.75. The van der Waals surface area contributed by atoms with E-state index in [1.165, 1.54) is 23.5 Å². The minimum Gasteiger partial charge on any atom is -0.477 e. The van der Waals surface area contributed by atoms with Crippen molar-refractivity contribution in [3.05, 3.63) is 87.4 Å². The monoisotopic (exact) mass is 451 g/mol. The van der Waals surface area contributed by atoms with Crippen molar-refractivity contribution in [3.63, 3.8) is 0 Å². The molecule has 2 aromatic carbocycles. The summed E-state index contributed by atoms with van der Waals surface area (Å²) in [5.41, 5.74) is -1.61. The Hall–Kier alpha value is -3.10. The summed E-state index contributed by atoms with van der Waals surface area (Å²) in [4.78, 5) is 25.2. The molecule has 3 rings (SSSR count). The molecular weight excluding hydrogens is 439 g/mol. The third kappa shape index (κ3) is 4.90. The lowest BCUT2D eigenvalue weighted by molar-refractivity contribution is -0.138. The van der Waals surface area contributed by atoms with E-state index in [-0.39, 0.29) is 0 Å². The quantitative estimate of drug-likeness (QED) is 0.471. The number of carbonyl (C=O) groups excluding carboxylic acids is 1. The Labute approximate surface area is 178 Å². The Morgan fingerprint density at radius 1 is 1.00 bits per heavy atom. The number of thiophene rings is 1. The average Bonchev–Trinajstić information content (AvgIpc) is 3.15. The molecule has 1 aromatic heterocycles. The maximum atomic E-state index is 13.1. The zero-order valence-electron chi connectivity index (χ0n) is 15.0. The Balaban J connectivity index is 1.90. The van der Waals surface area contributed by atoms with Crippen LogP contribution in [0.2, 0.25) is 5.02 Å². The van der Waals surface area contributed by atoms with Crippen molar-refractivity contribution in [2.75, 3.05) is 0 Å². The lowest BCUT2D eigenvalue weighted by atomic mass is 10.1. The highest BCUT2D eigenvalue weighted by molar-refractivity contribution is 7.16. The van der Waals surface area contributed by atoms with Crippen molar-refractivity contribution < 1.29 is 27.9 Å². The third-order valence-electron chi connectivity index (χ3n) is 4.01. The first-order chi connectivity index (χ1) is 14.2. The fourth-order valence-electron chi connectivity index (χ4n) is 2.65. The number of aliphatic carboxylic acids is 1. The molecule has 2 N–H and O–H groups in total. The van der Waals surface area contributed by atoms with Crippen molar-refractivity contribution >= 4 is 40.9 Å². The van der Waals surface area contributed by atoms with E-state index in [4.69, 9.17) is 11.6 Å². The largest absolute Gasteiger partial charge is 0.477 e. The Morgan fingerprint density at radius 2 is 1.67 bits per heavy atom. The zero-order valence-corrected chi connectivity index (χ0v) is 16.6. The van der Waals surface area contributed by atoms with E-state index in [1.807, 2.05) is 0 Å². The van der Waals surface area contributed by atoms with Crippen molar-refractivity contribution in [2.45, 2.75) is 6.18 Å². The lowest BCUT2D eigenvalue weighted by Gasteiger charge is -2.12. The lowest BCUT2D eigenvalue weighted by Crippen LogP contribution is -2.29. The summed E-state index contributed by atoms with van der Waals surface area (Å²) in [5, 5.41) is 12.0. The van der Waals surface area contributed by atoms with Crippen molar-refractivity contribution in [1.29, 1.82) is 0 Å². The molecule has 1 amide bonds. The van der Waals surface area contributed by atoms with Gasteiger partial charge < -0.3 is 10.4 Å². The van der Waals surface area contributed by atoms with E-state index < -0.39 is 34.9 Å². The number of benzene rings is 2. The summed E-state index contributed by atoms with van der Waals surface area (Å²) >= 11 is 7.38. The van der Waals surface area contributed by atoms with Crippen LogP contribution in [0.5, 0.6) is 0 Å². The van der Waals surface area contributed by atoms with E-state index in [0.717, 1.165) is 28.6 Å². The van der Waals surface area contributed by atoms with Gasteiger partial charge in [-0.15, -0.1) is 11.3 Å². The molecule has 0 bridgehead atoms. The number of carboxylic acid groups (broad SMARTS) is 1. The highest BCUT2D eigenvalue weighted by Crippen LogP contribution is 2.34. The summed E-state index contributed by atoms with van der Waals surface area (Å²) in [5.74, 6) is -2.65. The molecule has 0 atom stereocenters. The maximum absolute atomic E-state index is 13.1. The number of alkyl halides is 3. The molecule has 0 aliphatic heterocycles. The third-order valence-corrected chi connectivity index (χ3v) is 5.40. The number of carbonyl (C=O) groups is 2. The summed E-state index contributed by atoms with van der Waals surface area (Å²) in [7, 11) is 0. The van der Waals surface area contributed by atoms with Crippen LogP contribution in [-0.2, 0) is 11.0 Å². The normalized spacial score (nSPS) is 11.9. The second-order valence-electron chi connectivity index (χ2n) is 6.04. The van der Waals surface area contributed by atoms with Gasteiger partial charge in [-0.05, 0) is 36.4 Å². The van der Waals surface area contributed by atoms with Gasteiger partial charge in [0.15, 0.2) is 0 Å². The molecule has 4 nitrogen and oxygen atoms in total. The SMILES string of the molecule is O=C(O)/C(=C\c1ccc(-c2ccccc2Cl)s1)NC(=O)c1ccccc1C(F)(F)F. The summed E-state index contributed by atoms with van der Waals surface area (Å²) < 4.78 is 39.4. The zero-order chi connectivity index (χ0) is 21.9. The predicted octanol–water partition coefficient (Wildman–Crippen LogP) is 5.94. The van der Waals surface area contributed by atoms with E-state index in [2.05, 4.69) is 5.32 Å². The number of nitrogens with one attached hydrogen (secondary N) is 1. The smallest absolute Gasteiger partial charge is 0.417 e. The van der Waals surface area contributed by atoms with Gasteiger partial charge >= 0.3 is 12.1 Å². The van der Waals surface area contributed by atoms with Crippen LogP contribution in [-0.4, -0.2) is 17.0 Å². The van der Waals surface area contributed by atoms with Gasteiger partial charge in [-0.1, -0.05) is 41.9 Å². The van der Waals surface area contributed by atoms with Gasteiger partial charge in [0.05, 0.1) is 11.1 Å². The van der Waals surface area contributed by atoms with Gasteiger partial charge in [0.25, 0.3) is 5.91 Å². The number of rotatable bonds is 5. The van der Waals surface area contributed by atoms with Gasteiger partial charge in [0, 0.05) is 20.3 Å². The van der Waals surface area contributed by atoms with Crippen molar-refractivity contribution in [3.8, 4) is 10.4 Å². The number of hydrogen-bond acceptors (Lipinski definition) is 3. The van der Waals surface area contributed by atoms with Crippen LogP contribution in [0.3, 0.4) is 0 Å². The van der Waals surface area contributed by atoms with Crippen LogP contribution >= 0.6 is 22.9 Å². The topological polar surface area (TPSA) is 66.4 Å². The maximum Gasteiger partial charge on any atom is 0.417 e. The van der Waals surface area contributed by atoms with E-state index in [9.17, 15) is 27.9 Å². The Morgan fingerprint density at radius 3 is 2.33 bits per heavy atom. The van der Waals surface area contributed by atoms with Crippen molar-refractivity contribution in [1.82, 2.24) is 5.32 Å². The molecule has 0 aliphatic rings. The number of hydrogen-bond donors (Lipinski definition) is 2.